The summed E-state index contributed by atoms with van der Waals surface area (Å²) in [6.45, 7) is 4.98. The van der Waals surface area contributed by atoms with Crippen molar-refractivity contribution in [3.63, 3.8) is 0 Å². The molecule has 6 heteroatoms. The molecule has 1 atom stereocenters. The standard InChI is InChI=1S/C9H18O5S/c1-4-8(3)9(10)13-6-7-14-15(11,12)5-2/h8H,4-7H2,1-3H3. The summed E-state index contributed by atoms with van der Waals surface area (Å²) < 4.78 is 31.1. The molecule has 90 valence electrons. The van der Waals surface area contributed by atoms with E-state index in [1.165, 1.54) is 6.92 Å². The first-order valence-corrected chi connectivity index (χ1v) is 6.54. The number of hydrogen-bond acceptors (Lipinski definition) is 5. The van der Waals surface area contributed by atoms with Crippen LogP contribution in [0.25, 0.3) is 0 Å². The predicted molar refractivity (Wildman–Crippen MR) is 55.8 cm³/mol. The van der Waals surface area contributed by atoms with Crippen LogP contribution in [0.1, 0.15) is 27.2 Å². The summed E-state index contributed by atoms with van der Waals surface area (Å²) in [4.78, 5) is 11.1. The Hall–Kier alpha value is -0.620. The van der Waals surface area contributed by atoms with Crippen LogP contribution in [-0.2, 0) is 23.8 Å². The van der Waals surface area contributed by atoms with Crippen LogP contribution in [0.3, 0.4) is 0 Å². The van der Waals surface area contributed by atoms with Gasteiger partial charge in [-0.2, -0.15) is 8.42 Å². The quantitative estimate of drug-likeness (QED) is 0.375. The summed E-state index contributed by atoms with van der Waals surface area (Å²) in [5, 5.41) is 0. The Morgan fingerprint density at radius 2 is 1.87 bits per heavy atom. The summed E-state index contributed by atoms with van der Waals surface area (Å²) in [7, 11) is -3.43. The molecule has 15 heavy (non-hydrogen) atoms. The fourth-order valence-corrected chi connectivity index (χ4v) is 1.18. The second kappa shape index (κ2) is 6.79. The van der Waals surface area contributed by atoms with Crippen LogP contribution in [0.4, 0.5) is 0 Å². The monoisotopic (exact) mass is 238 g/mol. The lowest BCUT2D eigenvalue weighted by atomic mass is 10.1. The van der Waals surface area contributed by atoms with Gasteiger partial charge in [0.25, 0.3) is 10.1 Å². The van der Waals surface area contributed by atoms with Crippen LogP contribution >= 0.6 is 0 Å². The van der Waals surface area contributed by atoms with Gasteiger partial charge in [-0.1, -0.05) is 13.8 Å². The molecule has 0 saturated carbocycles. The zero-order valence-electron chi connectivity index (χ0n) is 9.36. The second-order valence-electron chi connectivity index (χ2n) is 3.15. The zero-order chi connectivity index (χ0) is 11.9. The third-order valence-corrected chi connectivity index (χ3v) is 3.19. The highest BCUT2D eigenvalue weighted by Gasteiger charge is 2.12. The minimum Gasteiger partial charge on any atom is -0.463 e. The molecule has 0 fully saturated rings. The lowest BCUT2D eigenvalue weighted by molar-refractivity contribution is -0.148. The first kappa shape index (κ1) is 14.4. The fraction of sp³-hybridized carbons (Fsp3) is 0.889. The summed E-state index contributed by atoms with van der Waals surface area (Å²) >= 11 is 0. The summed E-state index contributed by atoms with van der Waals surface area (Å²) in [5.74, 6) is -0.561. The number of esters is 1. The summed E-state index contributed by atoms with van der Waals surface area (Å²) in [6, 6.07) is 0. The minimum atomic E-state index is -3.43. The largest absolute Gasteiger partial charge is 0.463 e. The average molecular weight is 238 g/mol. The van der Waals surface area contributed by atoms with Gasteiger partial charge in [-0.25, -0.2) is 0 Å². The highest BCUT2D eigenvalue weighted by molar-refractivity contribution is 7.86. The van der Waals surface area contributed by atoms with E-state index in [4.69, 9.17) is 4.74 Å². The van der Waals surface area contributed by atoms with Gasteiger partial charge in [-0.15, -0.1) is 0 Å². The highest BCUT2D eigenvalue weighted by Crippen LogP contribution is 2.03. The predicted octanol–water partition coefficient (Wildman–Crippen LogP) is 0.942. The Morgan fingerprint density at radius 3 is 2.33 bits per heavy atom. The molecule has 0 aliphatic heterocycles. The Bertz CT molecular complexity index is 283. The van der Waals surface area contributed by atoms with E-state index in [1.807, 2.05) is 6.92 Å². The van der Waals surface area contributed by atoms with Crippen LogP contribution in [0.5, 0.6) is 0 Å². The Morgan fingerprint density at radius 1 is 1.27 bits per heavy atom. The second-order valence-corrected chi connectivity index (χ2v) is 5.07. The molecular weight excluding hydrogens is 220 g/mol. The van der Waals surface area contributed by atoms with Crippen LogP contribution in [0.15, 0.2) is 0 Å². The number of hydrogen-bond donors (Lipinski definition) is 0. The molecule has 0 heterocycles. The normalized spacial score (nSPS) is 13.5. The molecule has 0 spiro atoms. The highest BCUT2D eigenvalue weighted by atomic mass is 32.2. The maximum Gasteiger partial charge on any atom is 0.308 e. The van der Waals surface area contributed by atoms with E-state index in [-0.39, 0.29) is 30.9 Å². The van der Waals surface area contributed by atoms with Crippen molar-refractivity contribution in [1.29, 1.82) is 0 Å². The summed E-state index contributed by atoms with van der Waals surface area (Å²) in [5.41, 5.74) is 0. The number of carbonyl (C=O) groups is 1. The molecule has 0 aliphatic rings. The van der Waals surface area contributed by atoms with Crippen LogP contribution in [0.2, 0.25) is 0 Å². The molecule has 0 saturated heterocycles. The van der Waals surface area contributed by atoms with Gasteiger partial charge in [-0.3, -0.25) is 8.98 Å². The third-order valence-electron chi connectivity index (χ3n) is 1.96. The van der Waals surface area contributed by atoms with E-state index in [1.54, 1.807) is 6.92 Å². The SMILES string of the molecule is CCC(C)C(=O)OCCOS(=O)(=O)CC. The van der Waals surface area contributed by atoms with E-state index in [0.29, 0.717) is 6.42 Å². The van der Waals surface area contributed by atoms with Gasteiger partial charge in [0.1, 0.15) is 13.2 Å². The van der Waals surface area contributed by atoms with Crippen molar-refractivity contribution in [3.05, 3.63) is 0 Å². The third kappa shape index (κ3) is 6.46. The van der Waals surface area contributed by atoms with Crippen molar-refractivity contribution in [2.75, 3.05) is 19.0 Å². The first-order valence-electron chi connectivity index (χ1n) is 4.96. The van der Waals surface area contributed by atoms with Crippen LogP contribution in [-0.4, -0.2) is 33.4 Å². The number of rotatable bonds is 7. The van der Waals surface area contributed by atoms with Gasteiger partial charge in [-0.05, 0) is 13.3 Å². The van der Waals surface area contributed by atoms with Gasteiger partial charge < -0.3 is 4.74 Å². The van der Waals surface area contributed by atoms with Crippen molar-refractivity contribution in [3.8, 4) is 0 Å². The minimum absolute atomic E-state index is 0.0254. The van der Waals surface area contributed by atoms with E-state index in [0.717, 1.165) is 0 Å². The molecule has 1 unspecified atom stereocenters. The first-order chi connectivity index (χ1) is 6.93. The van der Waals surface area contributed by atoms with E-state index in [9.17, 15) is 13.2 Å². The molecule has 0 bridgehead atoms. The Kier molecular flexibility index (Phi) is 6.51. The fourth-order valence-electron chi connectivity index (χ4n) is 0.696. The van der Waals surface area contributed by atoms with Crippen molar-refractivity contribution < 1.29 is 22.1 Å². The molecule has 0 N–H and O–H groups in total. The molecule has 0 aromatic rings. The van der Waals surface area contributed by atoms with Gasteiger partial charge in [0.05, 0.1) is 11.7 Å². The van der Waals surface area contributed by atoms with Crippen molar-refractivity contribution in [2.24, 2.45) is 5.92 Å². The van der Waals surface area contributed by atoms with Gasteiger partial charge in [0.15, 0.2) is 0 Å². The molecule has 0 rings (SSSR count). The van der Waals surface area contributed by atoms with Crippen LogP contribution in [0, 0.1) is 5.92 Å². The molecule has 0 radical (unpaired) electrons. The summed E-state index contributed by atoms with van der Waals surface area (Å²) in [6.07, 6.45) is 0.701. The molecule has 0 aromatic carbocycles. The molecule has 0 amide bonds. The van der Waals surface area contributed by atoms with Crippen LogP contribution < -0.4 is 0 Å². The lowest BCUT2D eigenvalue weighted by Crippen LogP contribution is -2.18. The Labute approximate surface area is 90.9 Å². The van der Waals surface area contributed by atoms with E-state index >= 15 is 0 Å². The smallest absolute Gasteiger partial charge is 0.308 e. The van der Waals surface area contributed by atoms with Crippen molar-refractivity contribution in [1.82, 2.24) is 0 Å². The topological polar surface area (TPSA) is 69.7 Å². The van der Waals surface area contributed by atoms with Crippen molar-refractivity contribution >= 4 is 16.1 Å². The Balaban J connectivity index is 3.68. The molecule has 0 aliphatic carbocycles. The lowest BCUT2D eigenvalue weighted by Gasteiger charge is -2.09. The van der Waals surface area contributed by atoms with Gasteiger partial charge >= 0.3 is 5.97 Å². The van der Waals surface area contributed by atoms with E-state index < -0.39 is 10.1 Å². The zero-order valence-corrected chi connectivity index (χ0v) is 10.2. The molecule has 5 nitrogen and oxygen atoms in total. The average Bonchev–Trinajstić information content (AvgIpc) is 2.22. The van der Waals surface area contributed by atoms with Gasteiger partial charge in [0, 0.05) is 0 Å². The van der Waals surface area contributed by atoms with Crippen molar-refractivity contribution in [2.45, 2.75) is 27.2 Å². The number of carbonyl (C=O) groups excluding carboxylic acids is 1. The maximum absolute atomic E-state index is 11.1. The molecule has 0 aromatic heterocycles. The van der Waals surface area contributed by atoms with E-state index in [2.05, 4.69) is 4.18 Å². The number of ether oxygens (including phenoxy) is 1. The molecular formula is C9H18O5S. The van der Waals surface area contributed by atoms with Gasteiger partial charge in [0.2, 0.25) is 0 Å². The maximum atomic E-state index is 11.1.